The average molecular weight is 451 g/mol. The molecule has 10 heteroatoms. The summed E-state index contributed by atoms with van der Waals surface area (Å²) in [4.78, 5) is 43.6. The predicted molar refractivity (Wildman–Crippen MR) is 115 cm³/mol. The van der Waals surface area contributed by atoms with Crippen LogP contribution in [0.2, 0.25) is 0 Å². The predicted octanol–water partition coefficient (Wildman–Crippen LogP) is 3.13. The van der Waals surface area contributed by atoms with Gasteiger partial charge in [-0.3, -0.25) is 0 Å². The number of nitrogens with zero attached hydrogens (tertiary/aromatic N) is 2. The largest absolute Gasteiger partial charge is 0.491 e. The van der Waals surface area contributed by atoms with Gasteiger partial charge in [0.25, 0.3) is 5.88 Å². The minimum Gasteiger partial charge on any atom is -0.491 e. The van der Waals surface area contributed by atoms with Crippen LogP contribution in [0.3, 0.4) is 0 Å². The molecule has 10 nitrogen and oxygen atoms in total. The first-order valence-corrected chi connectivity index (χ1v) is 9.91. The number of aromatic nitrogens is 2. The number of alkyl carbamates (subject to hydrolysis) is 1. The Morgan fingerprint density at radius 1 is 1.00 bits per heavy atom. The fourth-order valence-electron chi connectivity index (χ4n) is 2.74. The molecule has 0 radical (unpaired) electrons. The molecule has 0 spiro atoms. The Balaban J connectivity index is 1.67. The Labute approximate surface area is 188 Å². The molecule has 3 N–H and O–H groups in total. The number of aromatic hydroxyl groups is 1. The monoisotopic (exact) mass is 451 g/mol. The van der Waals surface area contributed by atoms with Crippen LogP contribution in [-0.2, 0) is 11.3 Å². The Morgan fingerprint density at radius 2 is 1.64 bits per heavy atom. The number of benzene rings is 2. The van der Waals surface area contributed by atoms with Crippen molar-refractivity contribution in [1.82, 2.24) is 15.3 Å². The van der Waals surface area contributed by atoms with Gasteiger partial charge >= 0.3 is 18.0 Å². The van der Waals surface area contributed by atoms with Crippen LogP contribution in [-0.4, -0.2) is 44.8 Å². The Hall–Kier alpha value is -4.47. The lowest BCUT2D eigenvalue weighted by Crippen LogP contribution is -2.29. The quantitative estimate of drug-likeness (QED) is 0.439. The number of carbonyl (C=O) groups excluding carboxylic acids is 2. The van der Waals surface area contributed by atoms with E-state index in [9.17, 15) is 24.6 Å². The maximum Gasteiger partial charge on any atom is 0.407 e. The fraction of sp³-hybridized carbons (Fsp3) is 0.174. The van der Waals surface area contributed by atoms with Crippen LogP contribution in [0.4, 0.5) is 4.79 Å². The summed E-state index contributed by atoms with van der Waals surface area (Å²) in [5.74, 6) is -4.51. The van der Waals surface area contributed by atoms with Gasteiger partial charge in [0, 0.05) is 12.5 Å². The van der Waals surface area contributed by atoms with Crippen LogP contribution >= 0.6 is 0 Å². The van der Waals surface area contributed by atoms with E-state index in [2.05, 4.69) is 15.3 Å². The molecule has 1 atom stereocenters. The Morgan fingerprint density at radius 3 is 2.27 bits per heavy atom. The van der Waals surface area contributed by atoms with Crippen molar-refractivity contribution in [3.05, 3.63) is 83.3 Å². The molecular weight excluding hydrogens is 430 g/mol. The molecule has 170 valence electrons. The van der Waals surface area contributed by atoms with E-state index >= 15 is 0 Å². The van der Waals surface area contributed by atoms with Gasteiger partial charge in [-0.2, -0.15) is 4.98 Å². The molecule has 0 aliphatic rings. The maximum atomic E-state index is 12.3. The number of amides is 1. The van der Waals surface area contributed by atoms with Crippen LogP contribution in [0.1, 0.15) is 45.1 Å². The van der Waals surface area contributed by atoms with Crippen molar-refractivity contribution in [2.75, 3.05) is 6.54 Å². The second-order valence-corrected chi connectivity index (χ2v) is 6.99. The highest BCUT2D eigenvalue weighted by molar-refractivity contribution is 5.95. The van der Waals surface area contributed by atoms with Gasteiger partial charge in [-0.1, -0.05) is 55.5 Å². The van der Waals surface area contributed by atoms with Crippen molar-refractivity contribution in [3.8, 4) is 11.6 Å². The SMILES string of the molecule is CC(CNC(=O)OCc1ccccc1)c1nc(O)c(OC(=O)c2ccccc2)c(C(=O)O)n1. The molecule has 0 bridgehead atoms. The van der Waals surface area contributed by atoms with E-state index in [0.717, 1.165) is 5.56 Å². The van der Waals surface area contributed by atoms with Crippen LogP contribution in [0.15, 0.2) is 60.7 Å². The molecule has 33 heavy (non-hydrogen) atoms. The highest BCUT2D eigenvalue weighted by Crippen LogP contribution is 2.30. The highest BCUT2D eigenvalue weighted by Gasteiger charge is 2.26. The van der Waals surface area contributed by atoms with Gasteiger partial charge in [-0.15, -0.1) is 0 Å². The van der Waals surface area contributed by atoms with Crippen molar-refractivity contribution in [2.24, 2.45) is 0 Å². The summed E-state index contributed by atoms with van der Waals surface area (Å²) in [5, 5.41) is 22.3. The smallest absolute Gasteiger partial charge is 0.407 e. The molecule has 0 aliphatic heterocycles. The third-order valence-electron chi connectivity index (χ3n) is 4.48. The van der Waals surface area contributed by atoms with Crippen LogP contribution < -0.4 is 10.1 Å². The van der Waals surface area contributed by atoms with E-state index in [1.807, 2.05) is 30.3 Å². The minimum atomic E-state index is -1.52. The highest BCUT2D eigenvalue weighted by atomic mass is 16.6. The average Bonchev–Trinajstić information content (AvgIpc) is 2.83. The van der Waals surface area contributed by atoms with Gasteiger partial charge < -0.3 is 25.0 Å². The maximum absolute atomic E-state index is 12.3. The van der Waals surface area contributed by atoms with Crippen molar-refractivity contribution < 1.29 is 34.1 Å². The molecule has 3 aromatic rings. The Kier molecular flexibility index (Phi) is 7.53. The van der Waals surface area contributed by atoms with E-state index in [1.165, 1.54) is 12.1 Å². The number of nitrogens with one attached hydrogen (secondary N) is 1. The van der Waals surface area contributed by atoms with E-state index in [4.69, 9.17) is 9.47 Å². The first kappa shape index (κ1) is 23.2. The lowest BCUT2D eigenvalue weighted by Gasteiger charge is -2.14. The molecule has 0 fully saturated rings. The van der Waals surface area contributed by atoms with Gasteiger partial charge in [0.2, 0.25) is 5.75 Å². The summed E-state index contributed by atoms with van der Waals surface area (Å²) in [6, 6.07) is 17.0. The van der Waals surface area contributed by atoms with Crippen LogP contribution in [0, 0.1) is 0 Å². The zero-order valence-corrected chi connectivity index (χ0v) is 17.6. The van der Waals surface area contributed by atoms with E-state index in [0.29, 0.717) is 0 Å². The Bertz CT molecular complexity index is 1140. The summed E-state index contributed by atoms with van der Waals surface area (Å²) in [7, 11) is 0. The zero-order chi connectivity index (χ0) is 23.8. The molecule has 1 heterocycles. The molecule has 0 saturated carbocycles. The second-order valence-electron chi connectivity index (χ2n) is 6.99. The first-order valence-electron chi connectivity index (χ1n) is 9.91. The van der Waals surface area contributed by atoms with Crippen molar-refractivity contribution in [1.29, 1.82) is 0 Å². The van der Waals surface area contributed by atoms with Crippen molar-refractivity contribution in [2.45, 2.75) is 19.4 Å². The van der Waals surface area contributed by atoms with Crippen molar-refractivity contribution in [3.63, 3.8) is 0 Å². The molecule has 3 rings (SSSR count). The lowest BCUT2D eigenvalue weighted by molar-refractivity contribution is 0.0668. The number of carboxylic acids is 1. The van der Waals surface area contributed by atoms with E-state index < -0.39 is 41.3 Å². The first-order chi connectivity index (χ1) is 15.8. The summed E-state index contributed by atoms with van der Waals surface area (Å²) >= 11 is 0. The number of hydrogen-bond acceptors (Lipinski definition) is 8. The third kappa shape index (κ3) is 6.26. The van der Waals surface area contributed by atoms with Gasteiger partial charge in [-0.25, -0.2) is 19.4 Å². The molecule has 1 amide bonds. The minimum absolute atomic E-state index is 0.00920. The molecule has 0 aliphatic carbocycles. The number of carbonyl (C=O) groups is 3. The normalized spacial score (nSPS) is 11.3. The number of carboxylic acid groups (broad SMARTS) is 1. The molecular formula is C23H21N3O7. The second kappa shape index (κ2) is 10.7. The van der Waals surface area contributed by atoms with Gasteiger partial charge in [0.05, 0.1) is 5.56 Å². The van der Waals surface area contributed by atoms with E-state index in [1.54, 1.807) is 25.1 Å². The topological polar surface area (TPSA) is 148 Å². The van der Waals surface area contributed by atoms with Crippen molar-refractivity contribution >= 4 is 18.0 Å². The number of ether oxygens (including phenoxy) is 2. The summed E-state index contributed by atoms with van der Waals surface area (Å²) in [6.07, 6.45) is -0.679. The van der Waals surface area contributed by atoms with Gasteiger partial charge in [0.15, 0.2) is 5.69 Å². The van der Waals surface area contributed by atoms with Gasteiger partial charge in [0.1, 0.15) is 12.4 Å². The number of esters is 1. The van der Waals surface area contributed by atoms with E-state index in [-0.39, 0.29) is 24.5 Å². The van der Waals surface area contributed by atoms with Crippen LogP contribution in [0.25, 0.3) is 0 Å². The summed E-state index contributed by atoms with van der Waals surface area (Å²) in [6.45, 7) is 1.71. The van der Waals surface area contributed by atoms with Crippen LogP contribution in [0.5, 0.6) is 11.6 Å². The molecule has 1 aromatic heterocycles. The zero-order valence-electron chi connectivity index (χ0n) is 17.6. The standard InChI is InChI=1S/C23H21N3O7/c1-14(12-24-23(31)32-13-15-8-4-2-5-9-15)19-25-17(21(28)29)18(20(27)26-19)33-22(30)16-10-6-3-7-11-16/h2-11,14H,12-13H2,1H3,(H,24,31)(H,28,29)(H,25,26,27). The number of rotatable bonds is 8. The molecule has 2 aromatic carbocycles. The molecule has 0 saturated heterocycles. The lowest BCUT2D eigenvalue weighted by atomic mass is 10.1. The number of aromatic carboxylic acids is 1. The number of hydrogen-bond donors (Lipinski definition) is 3. The van der Waals surface area contributed by atoms with Gasteiger partial charge in [-0.05, 0) is 17.7 Å². The summed E-state index contributed by atoms with van der Waals surface area (Å²) < 4.78 is 10.2. The fourth-order valence-corrected chi connectivity index (χ4v) is 2.74. The summed E-state index contributed by atoms with van der Waals surface area (Å²) in [5.41, 5.74) is 0.296. The molecule has 1 unspecified atom stereocenters. The third-order valence-corrected chi connectivity index (χ3v) is 4.48.